The van der Waals surface area contributed by atoms with Gasteiger partial charge in [0.1, 0.15) is 11.1 Å². The third kappa shape index (κ3) is 5.33. The number of aliphatic carboxylic acids is 1. The molecule has 1 heterocycles. The molecule has 0 aromatic heterocycles. The zero-order valence-corrected chi connectivity index (χ0v) is 19.4. The first-order valence-corrected chi connectivity index (χ1v) is 10.6. The average molecular weight is 475 g/mol. The number of carboxylic acids is 1. The van der Waals surface area contributed by atoms with Gasteiger partial charge in [0, 0.05) is 26.7 Å². The summed E-state index contributed by atoms with van der Waals surface area (Å²) in [7, 11) is 0. The fraction of sp³-hybridized carbons (Fsp3) is 0.391. The molecule has 0 saturated carbocycles. The van der Waals surface area contributed by atoms with E-state index in [9.17, 15) is 24.9 Å². The lowest BCUT2D eigenvalue weighted by Gasteiger charge is -2.32. The van der Waals surface area contributed by atoms with E-state index in [1.807, 2.05) is 0 Å². The zero-order valence-electron chi connectivity index (χ0n) is 19.4. The predicted octanol–water partition coefficient (Wildman–Crippen LogP) is 1.08. The average Bonchev–Trinajstić information content (AvgIpc) is 3.07. The van der Waals surface area contributed by atoms with E-state index >= 15 is 0 Å². The Hall–Kier alpha value is -3.54. The molecule has 1 aliphatic heterocycles. The molecule has 34 heavy (non-hydrogen) atoms. The normalized spacial score (nSPS) is 17.4. The number of aromatic hydroxyl groups is 2. The third-order valence-corrected chi connectivity index (χ3v) is 5.62. The maximum Gasteiger partial charge on any atom is 0.325 e. The molecule has 0 aliphatic carbocycles. The van der Waals surface area contributed by atoms with E-state index in [-0.39, 0.29) is 24.3 Å². The van der Waals surface area contributed by atoms with Crippen molar-refractivity contribution in [1.29, 1.82) is 0 Å². The largest absolute Gasteiger partial charge is 0.504 e. The zero-order chi connectivity index (χ0) is 25.3. The van der Waals surface area contributed by atoms with Gasteiger partial charge in [-0.05, 0) is 49.2 Å². The summed E-state index contributed by atoms with van der Waals surface area (Å²) < 4.78 is 11.4. The van der Waals surface area contributed by atoms with Crippen molar-refractivity contribution in [2.75, 3.05) is 0 Å². The molecule has 1 aliphatic rings. The van der Waals surface area contributed by atoms with Crippen molar-refractivity contribution in [1.82, 2.24) is 16.3 Å². The van der Waals surface area contributed by atoms with E-state index in [1.54, 1.807) is 32.0 Å². The summed E-state index contributed by atoms with van der Waals surface area (Å²) >= 11 is 0. The number of carbonyl (C=O) groups is 2. The van der Waals surface area contributed by atoms with Gasteiger partial charge in [-0.15, -0.1) is 0 Å². The smallest absolute Gasteiger partial charge is 0.325 e. The number of rotatable bonds is 9. The molecule has 11 heteroatoms. The van der Waals surface area contributed by atoms with Gasteiger partial charge in [-0.1, -0.05) is 12.1 Å². The first kappa shape index (κ1) is 25.1. The Morgan fingerprint density at radius 3 is 2.15 bits per heavy atom. The lowest BCUT2D eigenvalue weighted by Crippen LogP contribution is -2.66. The lowest BCUT2D eigenvalue weighted by molar-refractivity contribution is -0.145. The number of carboxylic acid groups (broad SMARTS) is 1. The molecule has 1 amide bonds. The van der Waals surface area contributed by atoms with Crippen LogP contribution in [0.25, 0.3) is 0 Å². The van der Waals surface area contributed by atoms with Gasteiger partial charge in [0.2, 0.25) is 5.79 Å². The second-order valence-corrected chi connectivity index (χ2v) is 9.25. The van der Waals surface area contributed by atoms with Crippen LogP contribution in [0.1, 0.15) is 38.8 Å². The topological polar surface area (TPSA) is 175 Å². The summed E-state index contributed by atoms with van der Waals surface area (Å²) in [4.78, 5) is 25.0. The van der Waals surface area contributed by atoms with Gasteiger partial charge in [-0.2, -0.15) is 0 Å². The SMILES string of the molecule is CC1(C)Oc2ccc(CC(C)(NNC(=O)C(C)(Cc3ccc(O)c(O)c3)NN)C(=O)O)cc2O1. The minimum absolute atomic E-state index is 0.0261. The number of amides is 1. The molecule has 2 aromatic carbocycles. The number of carbonyl (C=O) groups excluding carboxylic acids is 1. The third-order valence-electron chi connectivity index (χ3n) is 5.62. The minimum atomic E-state index is -1.56. The summed E-state index contributed by atoms with van der Waals surface area (Å²) in [5, 5.41) is 29.1. The summed E-state index contributed by atoms with van der Waals surface area (Å²) in [5.41, 5.74) is 5.76. The van der Waals surface area contributed by atoms with Crippen molar-refractivity contribution in [3.8, 4) is 23.0 Å². The van der Waals surface area contributed by atoms with Crippen molar-refractivity contribution in [3.63, 3.8) is 0 Å². The highest BCUT2D eigenvalue weighted by Crippen LogP contribution is 2.40. The van der Waals surface area contributed by atoms with Crippen molar-refractivity contribution < 1.29 is 34.4 Å². The summed E-state index contributed by atoms with van der Waals surface area (Å²) in [6, 6.07) is 9.30. The lowest BCUT2D eigenvalue weighted by atomic mass is 9.91. The number of nitrogens with two attached hydrogens (primary N) is 1. The molecule has 0 bridgehead atoms. The summed E-state index contributed by atoms with van der Waals surface area (Å²) in [5.74, 6) is 3.47. The number of hydrogen-bond donors (Lipinski definition) is 7. The van der Waals surface area contributed by atoms with E-state index in [4.69, 9.17) is 15.3 Å². The Labute approximate surface area is 196 Å². The fourth-order valence-corrected chi connectivity index (χ4v) is 3.58. The Balaban J connectivity index is 1.72. The minimum Gasteiger partial charge on any atom is -0.504 e. The number of hydrazine groups is 2. The van der Waals surface area contributed by atoms with Crippen molar-refractivity contribution in [2.24, 2.45) is 5.84 Å². The monoisotopic (exact) mass is 474 g/mol. The second-order valence-electron chi connectivity index (χ2n) is 9.25. The number of ether oxygens (including phenoxy) is 2. The molecule has 2 atom stereocenters. The summed E-state index contributed by atoms with van der Waals surface area (Å²) in [6.45, 7) is 6.50. The van der Waals surface area contributed by atoms with E-state index in [0.717, 1.165) is 0 Å². The van der Waals surface area contributed by atoms with Crippen LogP contribution in [-0.2, 0) is 22.4 Å². The van der Waals surface area contributed by atoms with Crippen LogP contribution in [-0.4, -0.2) is 44.1 Å². The summed E-state index contributed by atoms with van der Waals surface area (Å²) in [6.07, 6.45) is 0.0743. The number of nitrogens with one attached hydrogen (secondary N) is 3. The Morgan fingerprint density at radius 2 is 1.53 bits per heavy atom. The molecule has 0 radical (unpaired) electrons. The molecule has 0 spiro atoms. The van der Waals surface area contributed by atoms with Gasteiger partial charge in [0.15, 0.2) is 23.0 Å². The molecule has 0 saturated heterocycles. The number of hydrogen-bond acceptors (Lipinski definition) is 9. The van der Waals surface area contributed by atoms with Gasteiger partial charge in [-0.3, -0.25) is 20.9 Å². The van der Waals surface area contributed by atoms with Gasteiger partial charge in [-0.25, -0.2) is 10.9 Å². The molecule has 2 unspecified atom stereocenters. The van der Waals surface area contributed by atoms with Gasteiger partial charge >= 0.3 is 5.97 Å². The first-order valence-electron chi connectivity index (χ1n) is 10.6. The Kier molecular flexibility index (Phi) is 6.65. The van der Waals surface area contributed by atoms with Crippen molar-refractivity contribution >= 4 is 11.9 Å². The molecule has 3 rings (SSSR count). The van der Waals surface area contributed by atoms with E-state index < -0.39 is 28.7 Å². The molecule has 0 fully saturated rings. The van der Waals surface area contributed by atoms with Crippen molar-refractivity contribution in [3.05, 3.63) is 47.5 Å². The molecule has 2 aromatic rings. The quantitative estimate of drug-likeness (QED) is 0.158. The van der Waals surface area contributed by atoms with E-state index in [1.165, 1.54) is 32.0 Å². The van der Waals surface area contributed by atoms with Crippen LogP contribution in [0.3, 0.4) is 0 Å². The van der Waals surface area contributed by atoms with E-state index in [0.29, 0.717) is 22.6 Å². The predicted molar refractivity (Wildman–Crippen MR) is 122 cm³/mol. The number of phenolic OH excluding ortho intramolecular Hbond substituents is 2. The first-order chi connectivity index (χ1) is 15.8. The highest BCUT2D eigenvalue weighted by Gasteiger charge is 2.38. The maximum atomic E-state index is 12.9. The van der Waals surface area contributed by atoms with E-state index in [2.05, 4.69) is 16.3 Å². The maximum absolute atomic E-state index is 12.9. The molecule has 8 N–H and O–H groups in total. The van der Waals surface area contributed by atoms with Crippen LogP contribution in [0.5, 0.6) is 23.0 Å². The van der Waals surface area contributed by atoms with Crippen LogP contribution in [0.2, 0.25) is 0 Å². The van der Waals surface area contributed by atoms with Gasteiger partial charge in [0.05, 0.1) is 0 Å². The number of fused-ring (bicyclic) bond motifs is 1. The Morgan fingerprint density at radius 1 is 0.941 bits per heavy atom. The van der Waals surface area contributed by atoms with Crippen LogP contribution < -0.4 is 31.6 Å². The fourth-order valence-electron chi connectivity index (χ4n) is 3.58. The number of benzene rings is 2. The van der Waals surface area contributed by atoms with Gasteiger partial charge < -0.3 is 24.8 Å². The van der Waals surface area contributed by atoms with Crippen LogP contribution in [0.15, 0.2) is 36.4 Å². The van der Waals surface area contributed by atoms with Crippen LogP contribution >= 0.6 is 0 Å². The standard InChI is InChI=1S/C23H30N4O7/c1-21(2)33-17-8-6-14(10-18(17)34-21)12-23(4,20(31)32)27-25-19(30)22(3,26-24)11-13-5-7-15(28)16(29)9-13/h5-10,26-29H,11-12,24H2,1-4H3,(H,25,30)(H,31,32). The second kappa shape index (κ2) is 9.01. The van der Waals surface area contributed by atoms with Gasteiger partial charge in [0.25, 0.3) is 5.91 Å². The molecule has 11 nitrogen and oxygen atoms in total. The van der Waals surface area contributed by atoms with Crippen LogP contribution in [0.4, 0.5) is 0 Å². The highest BCUT2D eigenvalue weighted by atomic mass is 16.7. The Bertz CT molecular complexity index is 1110. The highest BCUT2D eigenvalue weighted by molar-refractivity contribution is 5.87. The number of phenols is 2. The van der Waals surface area contributed by atoms with Crippen molar-refractivity contribution in [2.45, 2.75) is 57.4 Å². The molecular formula is C23H30N4O7. The molecular weight excluding hydrogens is 444 g/mol. The van der Waals surface area contributed by atoms with Crippen LogP contribution in [0, 0.1) is 0 Å². The molecule has 184 valence electrons.